The Bertz CT molecular complexity index is 126. The summed E-state index contributed by atoms with van der Waals surface area (Å²) in [7, 11) is 0. The maximum absolute atomic E-state index is 11.0. The first-order valence-corrected chi connectivity index (χ1v) is 11.6. The summed E-state index contributed by atoms with van der Waals surface area (Å²) in [5, 5.41) is 0. The fraction of sp³-hybridized carbons (Fsp3) is 0.909. The van der Waals surface area contributed by atoms with Crippen LogP contribution < -0.4 is 0 Å². The summed E-state index contributed by atoms with van der Waals surface area (Å²) >= 11 is -1.23. The van der Waals surface area contributed by atoms with Crippen molar-refractivity contribution in [3.05, 3.63) is 0 Å². The number of ketones is 1. The Morgan fingerprint density at radius 3 is 1.85 bits per heavy atom. The molecule has 0 saturated heterocycles. The van der Waals surface area contributed by atoms with E-state index < -0.39 is 19.8 Å². The molecular weight excluding hydrogens is 267 g/mol. The molecule has 1 nitrogen and oxygen atoms in total. The first-order valence-electron chi connectivity index (χ1n) is 5.53. The fourth-order valence-electron chi connectivity index (χ4n) is 1.51. The Morgan fingerprint density at radius 1 is 1.08 bits per heavy atom. The van der Waals surface area contributed by atoms with Gasteiger partial charge in [-0.2, -0.15) is 0 Å². The molecule has 0 aromatic carbocycles. The molecule has 0 aromatic heterocycles. The molecule has 0 rings (SSSR count). The van der Waals surface area contributed by atoms with Gasteiger partial charge in [0.15, 0.2) is 0 Å². The van der Waals surface area contributed by atoms with Gasteiger partial charge in [-0.25, -0.2) is 0 Å². The van der Waals surface area contributed by atoms with Crippen molar-refractivity contribution in [3.8, 4) is 0 Å². The molecule has 1 radical (unpaired) electrons. The summed E-state index contributed by atoms with van der Waals surface area (Å²) in [4.78, 5) is 11.0. The average molecular weight is 290 g/mol. The SMILES string of the molecule is CCC[CH2][Sn]([CH2]CCC)[CH2]C(C)=O. The molecular formula is C11H23OSn. The predicted molar refractivity (Wildman–Crippen MR) is 60.7 cm³/mol. The quantitative estimate of drug-likeness (QED) is 0.623. The first-order chi connectivity index (χ1) is 6.20. The van der Waals surface area contributed by atoms with E-state index in [4.69, 9.17) is 0 Å². The van der Waals surface area contributed by atoms with Gasteiger partial charge in [0.2, 0.25) is 0 Å². The zero-order chi connectivity index (χ0) is 10.1. The van der Waals surface area contributed by atoms with Crippen molar-refractivity contribution < 1.29 is 4.79 Å². The molecule has 0 unspecified atom stereocenters. The molecule has 0 aromatic rings. The van der Waals surface area contributed by atoms with Gasteiger partial charge < -0.3 is 0 Å². The Labute approximate surface area is 90.0 Å². The average Bonchev–Trinajstić information content (AvgIpc) is 2.09. The molecule has 0 bridgehead atoms. The molecule has 77 valence electrons. The summed E-state index contributed by atoms with van der Waals surface area (Å²) in [6, 6.07) is 0. The van der Waals surface area contributed by atoms with Crippen LogP contribution in [0.25, 0.3) is 0 Å². The van der Waals surface area contributed by atoms with Crippen LogP contribution in [0.4, 0.5) is 0 Å². The van der Waals surface area contributed by atoms with E-state index in [9.17, 15) is 4.79 Å². The van der Waals surface area contributed by atoms with E-state index in [0.717, 1.165) is 4.44 Å². The third-order valence-corrected chi connectivity index (χ3v) is 11.2. The van der Waals surface area contributed by atoms with E-state index in [2.05, 4.69) is 13.8 Å². The fourth-order valence-corrected chi connectivity index (χ4v) is 10.1. The van der Waals surface area contributed by atoms with E-state index in [-0.39, 0.29) is 0 Å². The van der Waals surface area contributed by atoms with E-state index in [0.29, 0.717) is 5.78 Å². The zero-order valence-corrected chi connectivity index (χ0v) is 12.2. The molecule has 0 aliphatic heterocycles. The van der Waals surface area contributed by atoms with Crippen LogP contribution in [-0.2, 0) is 4.79 Å². The topological polar surface area (TPSA) is 17.1 Å². The minimum absolute atomic E-state index is 0.446. The van der Waals surface area contributed by atoms with Gasteiger partial charge in [-0.1, -0.05) is 0 Å². The predicted octanol–water partition coefficient (Wildman–Crippen LogP) is 3.67. The van der Waals surface area contributed by atoms with Crippen LogP contribution in [0.15, 0.2) is 0 Å². The Hall–Kier alpha value is 0.469. The maximum atomic E-state index is 11.0. The van der Waals surface area contributed by atoms with Gasteiger partial charge in [0, 0.05) is 0 Å². The van der Waals surface area contributed by atoms with Gasteiger partial charge in [-0.05, 0) is 0 Å². The van der Waals surface area contributed by atoms with Crippen molar-refractivity contribution in [1.82, 2.24) is 0 Å². The molecule has 0 spiro atoms. The third-order valence-electron chi connectivity index (χ3n) is 2.27. The summed E-state index contributed by atoms with van der Waals surface area (Å²) in [5.74, 6) is 0.446. The number of carbonyl (C=O) groups excluding carboxylic acids is 1. The third kappa shape index (κ3) is 8.79. The summed E-state index contributed by atoms with van der Waals surface area (Å²) in [6.07, 6.45) is 5.33. The van der Waals surface area contributed by atoms with Crippen LogP contribution in [0.5, 0.6) is 0 Å². The second kappa shape index (κ2) is 9.04. The summed E-state index contributed by atoms with van der Waals surface area (Å²) < 4.78 is 3.89. The number of unbranched alkanes of at least 4 members (excludes halogenated alkanes) is 2. The molecule has 0 aliphatic rings. The van der Waals surface area contributed by atoms with E-state index in [1.165, 1.54) is 34.6 Å². The zero-order valence-electron chi connectivity index (χ0n) is 9.36. The van der Waals surface area contributed by atoms with Crippen molar-refractivity contribution in [2.75, 3.05) is 0 Å². The van der Waals surface area contributed by atoms with Crippen LogP contribution in [0.3, 0.4) is 0 Å². The van der Waals surface area contributed by atoms with Crippen LogP contribution in [-0.4, -0.2) is 25.5 Å². The van der Waals surface area contributed by atoms with Gasteiger partial charge in [0.05, 0.1) is 0 Å². The van der Waals surface area contributed by atoms with Crippen molar-refractivity contribution >= 4 is 25.5 Å². The van der Waals surface area contributed by atoms with Gasteiger partial charge in [-0.15, -0.1) is 0 Å². The van der Waals surface area contributed by atoms with E-state index in [1.54, 1.807) is 6.92 Å². The van der Waals surface area contributed by atoms with Gasteiger partial charge in [-0.3, -0.25) is 0 Å². The Balaban J connectivity index is 3.66. The van der Waals surface area contributed by atoms with Crippen LogP contribution in [0.2, 0.25) is 13.3 Å². The van der Waals surface area contributed by atoms with Crippen molar-refractivity contribution in [3.63, 3.8) is 0 Å². The second-order valence-corrected chi connectivity index (χ2v) is 12.0. The van der Waals surface area contributed by atoms with Crippen molar-refractivity contribution in [2.45, 2.75) is 59.8 Å². The molecule has 2 heteroatoms. The Morgan fingerprint density at radius 2 is 1.54 bits per heavy atom. The van der Waals surface area contributed by atoms with Crippen molar-refractivity contribution in [2.24, 2.45) is 0 Å². The number of hydrogen-bond donors (Lipinski definition) is 0. The first kappa shape index (κ1) is 13.5. The molecule has 0 N–H and O–H groups in total. The molecule has 0 saturated carbocycles. The molecule has 0 heterocycles. The van der Waals surface area contributed by atoms with Gasteiger partial charge >= 0.3 is 90.1 Å². The minimum atomic E-state index is -1.23. The summed E-state index contributed by atoms with van der Waals surface area (Å²) in [6.45, 7) is 6.25. The number of hydrogen-bond acceptors (Lipinski definition) is 1. The number of carbonyl (C=O) groups is 1. The van der Waals surface area contributed by atoms with Crippen molar-refractivity contribution in [1.29, 1.82) is 0 Å². The molecule has 0 amide bonds. The van der Waals surface area contributed by atoms with E-state index in [1.807, 2.05) is 0 Å². The number of Topliss-reactive ketones (excluding diaryl/α,β-unsaturated/α-hetero) is 1. The van der Waals surface area contributed by atoms with Crippen LogP contribution in [0, 0.1) is 0 Å². The molecule has 13 heavy (non-hydrogen) atoms. The molecule has 0 fully saturated rings. The second-order valence-electron chi connectivity index (χ2n) is 3.84. The van der Waals surface area contributed by atoms with Crippen LogP contribution in [0.1, 0.15) is 46.5 Å². The van der Waals surface area contributed by atoms with Gasteiger partial charge in [0.25, 0.3) is 0 Å². The molecule has 0 atom stereocenters. The summed E-state index contributed by atoms with van der Waals surface area (Å²) in [5.41, 5.74) is 0. The monoisotopic (exact) mass is 291 g/mol. The van der Waals surface area contributed by atoms with Crippen LogP contribution >= 0.6 is 0 Å². The molecule has 0 aliphatic carbocycles. The number of rotatable bonds is 8. The van der Waals surface area contributed by atoms with Gasteiger partial charge in [0.1, 0.15) is 0 Å². The standard InChI is InChI=1S/2C4H9.C3H5O.Sn/c2*1-3-4-2;1-3(2)4;/h2*1,3-4H2,2H3;1H2,2H3;. The van der Waals surface area contributed by atoms with E-state index >= 15 is 0 Å². The normalized spacial score (nSPS) is 10.8. The Kier molecular flexibility index (Phi) is 9.37.